The van der Waals surface area contributed by atoms with Crippen molar-refractivity contribution in [1.29, 1.82) is 0 Å². The van der Waals surface area contributed by atoms with E-state index in [1.807, 2.05) is 6.07 Å². The first-order chi connectivity index (χ1) is 7.09. The van der Waals surface area contributed by atoms with Gasteiger partial charge in [-0.3, -0.25) is 4.98 Å². The highest BCUT2D eigenvalue weighted by molar-refractivity contribution is 9.09. The van der Waals surface area contributed by atoms with Gasteiger partial charge in [0.1, 0.15) is 0 Å². The zero-order valence-electron chi connectivity index (χ0n) is 9.21. The molecule has 1 aromatic rings. The Morgan fingerprint density at radius 2 is 2.20 bits per heavy atom. The van der Waals surface area contributed by atoms with Crippen LogP contribution in [0.15, 0.2) is 18.5 Å². The predicted octanol–water partition coefficient (Wildman–Crippen LogP) is 4.48. The average molecular weight is 291 g/mol. The van der Waals surface area contributed by atoms with Crippen molar-refractivity contribution in [3.8, 4) is 0 Å². The van der Waals surface area contributed by atoms with E-state index in [-0.39, 0.29) is 0 Å². The maximum Gasteiger partial charge on any atom is 0.0621 e. The molecule has 0 amide bonds. The largest absolute Gasteiger partial charge is 0.263 e. The van der Waals surface area contributed by atoms with E-state index >= 15 is 0 Å². The number of alkyl halides is 1. The van der Waals surface area contributed by atoms with Crippen LogP contribution in [-0.4, -0.2) is 9.81 Å². The third kappa shape index (κ3) is 4.98. The number of halogens is 2. The van der Waals surface area contributed by atoms with Crippen LogP contribution >= 0.6 is 27.5 Å². The molecule has 0 saturated heterocycles. The molecule has 0 radical (unpaired) electrons. The van der Waals surface area contributed by atoms with Crippen molar-refractivity contribution >= 4 is 27.5 Å². The van der Waals surface area contributed by atoms with Crippen LogP contribution < -0.4 is 0 Å². The van der Waals surface area contributed by atoms with Gasteiger partial charge in [0.05, 0.1) is 5.02 Å². The van der Waals surface area contributed by atoms with Gasteiger partial charge in [-0.2, -0.15) is 0 Å². The molecule has 0 aliphatic heterocycles. The van der Waals surface area contributed by atoms with E-state index in [9.17, 15) is 0 Å². The quantitative estimate of drug-likeness (QED) is 0.729. The molecule has 1 unspecified atom stereocenters. The number of rotatable bonds is 5. The van der Waals surface area contributed by atoms with Crippen LogP contribution in [0.25, 0.3) is 0 Å². The van der Waals surface area contributed by atoms with Crippen LogP contribution in [0.1, 0.15) is 32.3 Å². The maximum atomic E-state index is 6.04. The van der Waals surface area contributed by atoms with Crippen LogP contribution in [0.5, 0.6) is 0 Å². The van der Waals surface area contributed by atoms with Gasteiger partial charge in [-0.05, 0) is 36.8 Å². The van der Waals surface area contributed by atoms with Crippen LogP contribution in [0.3, 0.4) is 0 Å². The topological polar surface area (TPSA) is 12.9 Å². The molecule has 1 heterocycles. The lowest BCUT2D eigenvalue weighted by atomic mass is 10.0. The monoisotopic (exact) mass is 289 g/mol. The Bertz CT molecular complexity index is 301. The first kappa shape index (κ1) is 13.0. The lowest BCUT2D eigenvalue weighted by molar-refractivity contribution is 0.554. The summed E-state index contributed by atoms with van der Waals surface area (Å²) in [7, 11) is 0. The molecular formula is C12H17BrClN. The van der Waals surface area contributed by atoms with Gasteiger partial charge in [0.25, 0.3) is 0 Å². The van der Waals surface area contributed by atoms with Gasteiger partial charge in [-0.15, -0.1) is 0 Å². The van der Waals surface area contributed by atoms with Crippen LogP contribution in [0.4, 0.5) is 0 Å². The molecule has 84 valence electrons. The van der Waals surface area contributed by atoms with Crippen molar-refractivity contribution in [2.24, 2.45) is 5.92 Å². The molecule has 0 fully saturated rings. The van der Waals surface area contributed by atoms with Gasteiger partial charge in [-0.1, -0.05) is 41.4 Å². The maximum absolute atomic E-state index is 6.04. The SMILES string of the molecule is CC(C)CC(Br)CCc1ccncc1Cl. The van der Waals surface area contributed by atoms with Crippen molar-refractivity contribution in [1.82, 2.24) is 4.98 Å². The Morgan fingerprint density at radius 1 is 1.47 bits per heavy atom. The Labute approximate surface area is 105 Å². The lowest BCUT2D eigenvalue weighted by Gasteiger charge is -2.12. The standard InChI is InChI=1S/C12H17BrClN/c1-9(2)7-11(13)4-3-10-5-6-15-8-12(10)14/h5-6,8-9,11H,3-4,7H2,1-2H3. The summed E-state index contributed by atoms with van der Waals surface area (Å²) >= 11 is 9.74. The highest BCUT2D eigenvalue weighted by atomic mass is 79.9. The van der Waals surface area contributed by atoms with Crippen molar-refractivity contribution in [3.05, 3.63) is 29.0 Å². The van der Waals surface area contributed by atoms with E-state index in [1.165, 1.54) is 12.0 Å². The zero-order valence-corrected chi connectivity index (χ0v) is 11.6. The number of hydrogen-bond acceptors (Lipinski definition) is 1. The molecule has 1 aromatic heterocycles. The lowest BCUT2D eigenvalue weighted by Crippen LogP contribution is -2.04. The molecule has 0 aromatic carbocycles. The van der Waals surface area contributed by atoms with E-state index in [0.717, 1.165) is 23.8 Å². The van der Waals surface area contributed by atoms with Gasteiger partial charge in [0.15, 0.2) is 0 Å². The molecule has 15 heavy (non-hydrogen) atoms. The van der Waals surface area contributed by atoms with E-state index in [2.05, 4.69) is 34.8 Å². The number of hydrogen-bond donors (Lipinski definition) is 0. The number of aromatic nitrogens is 1. The van der Waals surface area contributed by atoms with Gasteiger partial charge < -0.3 is 0 Å². The molecule has 1 nitrogen and oxygen atoms in total. The predicted molar refractivity (Wildman–Crippen MR) is 69.7 cm³/mol. The molecule has 0 aliphatic carbocycles. The second-order valence-corrected chi connectivity index (χ2v) is 5.93. The summed E-state index contributed by atoms with van der Waals surface area (Å²) in [6.07, 6.45) is 6.87. The summed E-state index contributed by atoms with van der Waals surface area (Å²) < 4.78 is 0. The van der Waals surface area contributed by atoms with Crippen molar-refractivity contribution in [3.63, 3.8) is 0 Å². The zero-order chi connectivity index (χ0) is 11.3. The number of nitrogens with zero attached hydrogens (tertiary/aromatic N) is 1. The van der Waals surface area contributed by atoms with E-state index in [4.69, 9.17) is 11.6 Å². The fraction of sp³-hybridized carbons (Fsp3) is 0.583. The third-order valence-corrected chi connectivity index (χ3v) is 3.48. The summed E-state index contributed by atoms with van der Waals surface area (Å²) in [6, 6.07) is 2.00. The molecule has 3 heteroatoms. The summed E-state index contributed by atoms with van der Waals surface area (Å²) in [5.41, 5.74) is 1.19. The van der Waals surface area contributed by atoms with Crippen LogP contribution in [-0.2, 0) is 6.42 Å². The molecule has 0 N–H and O–H groups in total. The van der Waals surface area contributed by atoms with Crippen LogP contribution in [0.2, 0.25) is 5.02 Å². The second kappa shape index (κ2) is 6.49. The summed E-state index contributed by atoms with van der Waals surface area (Å²) in [6.45, 7) is 4.49. The summed E-state index contributed by atoms with van der Waals surface area (Å²) in [5.74, 6) is 0.738. The van der Waals surface area contributed by atoms with E-state index in [0.29, 0.717) is 4.83 Å². The fourth-order valence-electron chi connectivity index (χ4n) is 1.55. The Hall–Kier alpha value is -0.0800. The first-order valence-corrected chi connectivity index (χ1v) is 6.61. The third-order valence-electron chi connectivity index (χ3n) is 2.31. The Kier molecular flexibility index (Phi) is 5.62. The minimum Gasteiger partial charge on any atom is -0.263 e. The van der Waals surface area contributed by atoms with Gasteiger partial charge in [0.2, 0.25) is 0 Å². The average Bonchev–Trinajstić information content (AvgIpc) is 2.15. The van der Waals surface area contributed by atoms with Gasteiger partial charge in [-0.25, -0.2) is 0 Å². The molecule has 0 bridgehead atoms. The Morgan fingerprint density at radius 3 is 2.80 bits per heavy atom. The van der Waals surface area contributed by atoms with Crippen molar-refractivity contribution in [2.75, 3.05) is 0 Å². The first-order valence-electron chi connectivity index (χ1n) is 5.32. The van der Waals surface area contributed by atoms with Crippen molar-refractivity contribution in [2.45, 2.75) is 37.9 Å². The minimum absolute atomic E-state index is 0.585. The van der Waals surface area contributed by atoms with Gasteiger partial charge in [0, 0.05) is 17.2 Å². The van der Waals surface area contributed by atoms with E-state index < -0.39 is 0 Å². The summed E-state index contributed by atoms with van der Waals surface area (Å²) in [5, 5.41) is 0.779. The Balaban J connectivity index is 2.40. The normalized spacial score (nSPS) is 13.1. The number of pyridine rings is 1. The molecular weight excluding hydrogens is 273 g/mol. The molecule has 1 atom stereocenters. The molecule has 0 saturated carbocycles. The second-order valence-electron chi connectivity index (χ2n) is 4.23. The van der Waals surface area contributed by atoms with E-state index in [1.54, 1.807) is 12.4 Å². The highest BCUT2D eigenvalue weighted by Gasteiger charge is 2.08. The number of aryl methyl sites for hydroxylation is 1. The molecule has 1 rings (SSSR count). The fourth-order valence-corrected chi connectivity index (χ4v) is 2.74. The molecule has 0 aliphatic rings. The van der Waals surface area contributed by atoms with Gasteiger partial charge >= 0.3 is 0 Å². The smallest absolute Gasteiger partial charge is 0.0621 e. The van der Waals surface area contributed by atoms with Crippen molar-refractivity contribution < 1.29 is 0 Å². The highest BCUT2D eigenvalue weighted by Crippen LogP contribution is 2.21. The van der Waals surface area contributed by atoms with Crippen LogP contribution in [0, 0.1) is 5.92 Å². The molecule has 0 spiro atoms. The summed E-state index contributed by atoms with van der Waals surface area (Å²) in [4.78, 5) is 4.56. The minimum atomic E-state index is 0.585.